The lowest BCUT2D eigenvalue weighted by Crippen LogP contribution is -2.39. The second-order valence-electron chi connectivity index (χ2n) is 6.70. The summed E-state index contributed by atoms with van der Waals surface area (Å²) in [5.41, 5.74) is 4.02. The van der Waals surface area contributed by atoms with Crippen LogP contribution < -0.4 is 10.1 Å². The number of rotatable bonds is 6. The fraction of sp³-hybridized carbons (Fsp3) is 0.333. The van der Waals surface area contributed by atoms with E-state index in [2.05, 4.69) is 34.5 Å². The summed E-state index contributed by atoms with van der Waals surface area (Å²) in [6.45, 7) is 3.30. The van der Waals surface area contributed by atoms with Crippen molar-refractivity contribution in [2.45, 2.75) is 19.9 Å². The van der Waals surface area contributed by atoms with E-state index >= 15 is 0 Å². The van der Waals surface area contributed by atoms with Gasteiger partial charge in [0, 0.05) is 46.0 Å². The second kappa shape index (κ2) is 10.4. The van der Waals surface area contributed by atoms with Crippen molar-refractivity contribution in [2.75, 3.05) is 27.7 Å². The smallest absolute Gasteiger partial charge is 0.193 e. The predicted octanol–water partition coefficient (Wildman–Crippen LogP) is 3.66. The normalized spacial score (nSPS) is 11.3. The summed E-state index contributed by atoms with van der Waals surface area (Å²) in [7, 11) is 5.12. The van der Waals surface area contributed by atoms with Crippen LogP contribution in [0.4, 0.5) is 4.39 Å². The molecule has 0 saturated carbocycles. The minimum Gasteiger partial charge on any atom is -0.494 e. The van der Waals surface area contributed by atoms with E-state index in [0.29, 0.717) is 13.1 Å². The van der Waals surface area contributed by atoms with Gasteiger partial charge in [0.15, 0.2) is 17.5 Å². The van der Waals surface area contributed by atoms with Crippen molar-refractivity contribution in [3.8, 4) is 5.75 Å². The Balaban J connectivity index is 0.00000300. The number of halogens is 2. The Morgan fingerprint density at radius 3 is 2.79 bits per heavy atom. The van der Waals surface area contributed by atoms with Gasteiger partial charge in [0.1, 0.15) is 5.65 Å². The topological polar surface area (TPSA) is 54.2 Å². The quantitative estimate of drug-likeness (QED) is 0.312. The maximum Gasteiger partial charge on any atom is 0.193 e. The number of pyridine rings is 1. The molecular weight excluding hydrogens is 484 g/mol. The number of benzene rings is 1. The molecule has 3 aromatic rings. The van der Waals surface area contributed by atoms with Crippen molar-refractivity contribution in [2.24, 2.45) is 4.99 Å². The first-order chi connectivity index (χ1) is 13.5. The van der Waals surface area contributed by atoms with Gasteiger partial charge in [0.05, 0.1) is 12.8 Å². The Morgan fingerprint density at radius 2 is 2.14 bits per heavy atom. The summed E-state index contributed by atoms with van der Waals surface area (Å²) in [5, 5.41) is 3.34. The second-order valence-corrected chi connectivity index (χ2v) is 6.70. The number of nitrogens with one attached hydrogen (secondary N) is 1. The van der Waals surface area contributed by atoms with Crippen LogP contribution in [0, 0.1) is 12.7 Å². The molecule has 0 saturated heterocycles. The van der Waals surface area contributed by atoms with Gasteiger partial charge in [0.25, 0.3) is 0 Å². The number of aliphatic imine (C=N–C) groups is 1. The molecule has 2 aromatic heterocycles. The number of hydrogen-bond donors (Lipinski definition) is 1. The summed E-state index contributed by atoms with van der Waals surface area (Å²) in [5.74, 6) is 0.631. The molecule has 29 heavy (non-hydrogen) atoms. The van der Waals surface area contributed by atoms with Crippen molar-refractivity contribution in [1.29, 1.82) is 0 Å². The molecule has 3 rings (SSSR count). The van der Waals surface area contributed by atoms with Crippen molar-refractivity contribution >= 4 is 35.6 Å². The molecule has 0 aliphatic rings. The molecule has 0 aliphatic carbocycles. The Morgan fingerprint density at radius 1 is 1.34 bits per heavy atom. The molecular formula is C21H27FIN5O. The van der Waals surface area contributed by atoms with Gasteiger partial charge in [-0.1, -0.05) is 12.1 Å². The van der Waals surface area contributed by atoms with Gasteiger partial charge in [-0.25, -0.2) is 9.37 Å². The number of hydrogen-bond acceptors (Lipinski definition) is 3. The number of methoxy groups -OCH3 is 1. The number of imidazole rings is 1. The average Bonchev–Trinajstić information content (AvgIpc) is 3.10. The Hall–Kier alpha value is -2.36. The van der Waals surface area contributed by atoms with Gasteiger partial charge < -0.3 is 19.4 Å². The Labute approximate surface area is 187 Å². The third kappa shape index (κ3) is 5.59. The molecule has 6 nitrogen and oxygen atoms in total. The summed E-state index contributed by atoms with van der Waals surface area (Å²) < 4.78 is 20.9. The molecule has 0 spiro atoms. The number of aryl methyl sites for hydroxylation is 1. The zero-order chi connectivity index (χ0) is 20.1. The molecule has 0 atom stereocenters. The highest BCUT2D eigenvalue weighted by Crippen LogP contribution is 2.18. The van der Waals surface area contributed by atoms with Crippen molar-refractivity contribution in [3.63, 3.8) is 0 Å². The van der Waals surface area contributed by atoms with Gasteiger partial charge in [-0.15, -0.1) is 24.0 Å². The van der Waals surface area contributed by atoms with E-state index in [4.69, 9.17) is 4.74 Å². The van der Waals surface area contributed by atoms with E-state index in [-0.39, 0.29) is 35.5 Å². The predicted molar refractivity (Wildman–Crippen MR) is 125 cm³/mol. The molecule has 0 radical (unpaired) electrons. The first kappa shape index (κ1) is 22.9. The van der Waals surface area contributed by atoms with Crippen LogP contribution in [0.5, 0.6) is 5.75 Å². The molecule has 0 bridgehead atoms. The van der Waals surface area contributed by atoms with Crippen LogP contribution in [0.1, 0.15) is 16.8 Å². The van der Waals surface area contributed by atoms with Crippen LogP contribution >= 0.6 is 24.0 Å². The zero-order valence-corrected chi connectivity index (χ0v) is 19.5. The average molecular weight is 511 g/mol. The molecule has 156 valence electrons. The highest BCUT2D eigenvalue weighted by Gasteiger charge is 2.10. The Kier molecular flexibility index (Phi) is 8.24. The summed E-state index contributed by atoms with van der Waals surface area (Å²) in [6.07, 6.45) is 4.84. The van der Waals surface area contributed by atoms with Crippen LogP contribution in [0.15, 0.2) is 47.7 Å². The van der Waals surface area contributed by atoms with Crippen molar-refractivity contribution in [1.82, 2.24) is 19.6 Å². The molecule has 1 N–H and O–H groups in total. The lowest BCUT2D eigenvalue weighted by molar-refractivity contribution is 0.385. The number of aromatic nitrogens is 2. The van der Waals surface area contributed by atoms with E-state index in [9.17, 15) is 4.39 Å². The minimum absolute atomic E-state index is 0. The van der Waals surface area contributed by atoms with Gasteiger partial charge in [-0.3, -0.25) is 4.99 Å². The highest BCUT2D eigenvalue weighted by atomic mass is 127. The number of fused-ring (bicyclic) bond motifs is 1. The van der Waals surface area contributed by atoms with E-state index < -0.39 is 0 Å². The van der Waals surface area contributed by atoms with Crippen LogP contribution in [0.2, 0.25) is 0 Å². The summed E-state index contributed by atoms with van der Waals surface area (Å²) in [6, 6.07) is 9.06. The third-order valence-corrected chi connectivity index (χ3v) is 4.60. The van der Waals surface area contributed by atoms with Gasteiger partial charge in [-0.2, -0.15) is 0 Å². The maximum atomic E-state index is 13.9. The van der Waals surface area contributed by atoms with Gasteiger partial charge >= 0.3 is 0 Å². The zero-order valence-electron chi connectivity index (χ0n) is 17.1. The maximum absolute atomic E-state index is 13.9. The SMILES string of the molecule is CN=C(NCCc1cn2cccc(C)c2n1)N(C)Cc1ccc(OC)c(F)c1.I. The van der Waals surface area contributed by atoms with Crippen LogP contribution in [-0.2, 0) is 13.0 Å². The lowest BCUT2D eigenvalue weighted by atomic mass is 10.2. The molecule has 2 heterocycles. The summed E-state index contributed by atoms with van der Waals surface area (Å²) in [4.78, 5) is 11.0. The molecule has 0 amide bonds. The first-order valence-corrected chi connectivity index (χ1v) is 9.19. The monoisotopic (exact) mass is 511 g/mol. The fourth-order valence-electron chi connectivity index (χ4n) is 3.17. The molecule has 0 fully saturated rings. The standard InChI is InChI=1S/C21H26FN5O.HI/c1-15-6-5-11-27-14-17(25-20(15)27)9-10-24-21(23-2)26(3)13-16-7-8-19(28-4)18(22)12-16;/h5-8,11-12,14H,9-10,13H2,1-4H3,(H,23,24);1H. The lowest BCUT2D eigenvalue weighted by Gasteiger charge is -2.22. The van der Waals surface area contributed by atoms with Crippen LogP contribution in [0.3, 0.4) is 0 Å². The third-order valence-electron chi connectivity index (χ3n) is 4.60. The fourth-order valence-corrected chi connectivity index (χ4v) is 3.17. The van der Waals surface area contributed by atoms with Gasteiger partial charge in [-0.05, 0) is 36.2 Å². The van der Waals surface area contributed by atoms with Crippen LogP contribution in [0.25, 0.3) is 5.65 Å². The first-order valence-electron chi connectivity index (χ1n) is 9.19. The highest BCUT2D eigenvalue weighted by molar-refractivity contribution is 14.0. The minimum atomic E-state index is -0.363. The van der Waals surface area contributed by atoms with E-state index in [1.54, 1.807) is 13.1 Å². The molecule has 8 heteroatoms. The van der Waals surface area contributed by atoms with Crippen molar-refractivity contribution < 1.29 is 9.13 Å². The summed E-state index contributed by atoms with van der Waals surface area (Å²) >= 11 is 0. The number of guanidine groups is 1. The Bertz CT molecular complexity index is 988. The number of nitrogens with zero attached hydrogens (tertiary/aromatic N) is 4. The largest absolute Gasteiger partial charge is 0.494 e. The number of ether oxygens (including phenoxy) is 1. The molecule has 0 unspecified atom stereocenters. The van der Waals surface area contributed by atoms with Gasteiger partial charge in [0.2, 0.25) is 0 Å². The van der Waals surface area contributed by atoms with Crippen LogP contribution in [-0.4, -0.2) is 48.0 Å². The molecule has 1 aromatic carbocycles. The van der Waals surface area contributed by atoms with Crippen molar-refractivity contribution in [3.05, 3.63) is 65.4 Å². The van der Waals surface area contributed by atoms with E-state index in [1.807, 2.05) is 34.7 Å². The van der Waals surface area contributed by atoms with E-state index in [1.165, 1.54) is 13.2 Å². The van der Waals surface area contributed by atoms with E-state index in [0.717, 1.165) is 34.8 Å². The molecule has 0 aliphatic heterocycles.